The fourth-order valence-electron chi connectivity index (χ4n) is 5.40. The van der Waals surface area contributed by atoms with Gasteiger partial charge in [-0.1, -0.05) is 30.3 Å². The summed E-state index contributed by atoms with van der Waals surface area (Å²) < 4.78 is 34.9. The molecule has 3 aromatic carbocycles. The fraction of sp³-hybridized carbons (Fsp3) is 0.367. The zero-order valence-electron chi connectivity index (χ0n) is 21.6. The molecule has 1 unspecified atom stereocenters. The summed E-state index contributed by atoms with van der Waals surface area (Å²) in [5, 5.41) is 9.18. The summed E-state index contributed by atoms with van der Waals surface area (Å²) >= 11 is 1.70. The molecule has 0 saturated carbocycles. The second kappa shape index (κ2) is 11.0. The Balaban J connectivity index is 1.29. The zero-order chi connectivity index (χ0) is 26.9. The van der Waals surface area contributed by atoms with Gasteiger partial charge >= 0.3 is 5.97 Å². The van der Waals surface area contributed by atoms with Crippen LogP contribution in [0.15, 0.2) is 59.5 Å². The van der Waals surface area contributed by atoms with E-state index in [1.54, 1.807) is 11.8 Å². The van der Waals surface area contributed by atoms with Gasteiger partial charge in [0, 0.05) is 22.8 Å². The Labute approximate surface area is 228 Å². The molecule has 2 atom stereocenters. The molecule has 5 rings (SSSR count). The number of benzene rings is 3. The fourth-order valence-corrected chi connectivity index (χ4v) is 7.33. The number of ether oxygens (including phenoxy) is 2. The number of fused-ring (bicyclic) bond motifs is 2. The smallest absolute Gasteiger partial charge is 0.303 e. The first kappa shape index (κ1) is 26.6. The lowest BCUT2D eigenvalue weighted by Gasteiger charge is -2.17. The molecule has 38 heavy (non-hydrogen) atoms. The Morgan fingerprint density at radius 2 is 1.87 bits per heavy atom. The van der Waals surface area contributed by atoms with Crippen LogP contribution in [0, 0.1) is 6.92 Å². The van der Waals surface area contributed by atoms with Crippen molar-refractivity contribution in [3.8, 4) is 22.6 Å². The highest BCUT2D eigenvalue weighted by Crippen LogP contribution is 2.45. The van der Waals surface area contributed by atoms with Crippen LogP contribution < -0.4 is 9.47 Å². The van der Waals surface area contributed by atoms with Gasteiger partial charge in [-0.05, 0) is 83.8 Å². The van der Waals surface area contributed by atoms with Crippen molar-refractivity contribution in [3.63, 3.8) is 0 Å². The van der Waals surface area contributed by atoms with E-state index in [0.29, 0.717) is 13.0 Å². The van der Waals surface area contributed by atoms with Crippen LogP contribution in [0.5, 0.6) is 11.5 Å². The van der Waals surface area contributed by atoms with Crippen molar-refractivity contribution in [1.29, 1.82) is 0 Å². The molecule has 6 nitrogen and oxygen atoms in total. The lowest BCUT2D eigenvalue weighted by atomic mass is 9.93. The summed E-state index contributed by atoms with van der Waals surface area (Å²) in [6.07, 6.45) is 3.68. The minimum Gasteiger partial charge on any atom is -0.494 e. The van der Waals surface area contributed by atoms with E-state index in [-0.39, 0.29) is 24.2 Å². The monoisotopic (exact) mass is 552 g/mol. The predicted molar refractivity (Wildman–Crippen MR) is 150 cm³/mol. The van der Waals surface area contributed by atoms with Gasteiger partial charge in [0.05, 0.1) is 18.8 Å². The minimum atomic E-state index is -2.98. The molecule has 1 heterocycles. The van der Waals surface area contributed by atoms with E-state index >= 15 is 0 Å². The van der Waals surface area contributed by atoms with Crippen LogP contribution >= 0.6 is 11.8 Å². The second-order valence-electron chi connectivity index (χ2n) is 10.1. The van der Waals surface area contributed by atoms with Crippen molar-refractivity contribution in [3.05, 3.63) is 76.9 Å². The maximum atomic E-state index is 11.3. The van der Waals surface area contributed by atoms with E-state index in [2.05, 4.69) is 37.3 Å². The molecule has 0 amide bonds. The molecule has 200 valence electrons. The maximum Gasteiger partial charge on any atom is 0.303 e. The van der Waals surface area contributed by atoms with Gasteiger partial charge in [-0.25, -0.2) is 8.42 Å². The Morgan fingerprint density at radius 3 is 2.63 bits per heavy atom. The number of carboxylic acids is 1. The summed E-state index contributed by atoms with van der Waals surface area (Å²) in [7, 11) is -2.98. The van der Waals surface area contributed by atoms with Crippen molar-refractivity contribution in [2.75, 3.05) is 24.4 Å². The highest BCUT2D eigenvalue weighted by atomic mass is 32.2. The van der Waals surface area contributed by atoms with Crippen LogP contribution in [-0.4, -0.2) is 43.9 Å². The van der Waals surface area contributed by atoms with Gasteiger partial charge in [-0.15, -0.1) is 11.8 Å². The Morgan fingerprint density at radius 1 is 1.05 bits per heavy atom. The van der Waals surface area contributed by atoms with Crippen LogP contribution in [0.2, 0.25) is 0 Å². The Hall–Kier alpha value is -2.97. The first-order valence-corrected chi connectivity index (χ1v) is 15.9. The zero-order valence-corrected chi connectivity index (χ0v) is 23.2. The lowest BCUT2D eigenvalue weighted by Crippen LogP contribution is -2.08. The molecule has 1 aliphatic carbocycles. The van der Waals surface area contributed by atoms with E-state index in [1.807, 2.05) is 24.3 Å². The molecule has 0 spiro atoms. The van der Waals surface area contributed by atoms with Crippen LogP contribution in [0.4, 0.5) is 0 Å². The number of rotatable bonds is 10. The van der Waals surface area contributed by atoms with Crippen molar-refractivity contribution in [2.45, 2.75) is 49.5 Å². The van der Waals surface area contributed by atoms with Crippen molar-refractivity contribution in [2.24, 2.45) is 0 Å². The highest BCUT2D eigenvalue weighted by Gasteiger charge is 2.29. The topological polar surface area (TPSA) is 89.9 Å². The van der Waals surface area contributed by atoms with Gasteiger partial charge < -0.3 is 14.6 Å². The minimum absolute atomic E-state index is 0.0259. The average molecular weight is 553 g/mol. The van der Waals surface area contributed by atoms with Gasteiger partial charge in [-0.3, -0.25) is 4.79 Å². The number of carboxylic acid groups (broad SMARTS) is 1. The number of thioether (sulfide) groups is 1. The van der Waals surface area contributed by atoms with Gasteiger partial charge in [0.1, 0.15) is 27.4 Å². The van der Waals surface area contributed by atoms with Crippen molar-refractivity contribution in [1.82, 2.24) is 0 Å². The molecule has 0 saturated heterocycles. The van der Waals surface area contributed by atoms with Crippen LogP contribution in [0.1, 0.15) is 53.5 Å². The van der Waals surface area contributed by atoms with Gasteiger partial charge in [0.2, 0.25) is 0 Å². The normalized spacial score (nSPS) is 18.2. The third-order valence-corrected chi connectivity index (χ3v) is 9.46. The van der Waals surface area contributed by atoms with E-state index in [9.17, 15) is 18.3 Å². The van der Waals surface area contributed by atoms with E-state index < -0.39 is 15.8 Å². The highest BCUT2D eigenvalue weighted by molar-refractivity contribution is 7.99. The van der Waals surface area contributed by atoms with E-state index in [0.717, 1.165) is 51.7 Å². The van der Waals surface area contributed by atoms with Crippen molar-refractivity contribution < 1.29 is 27.8 Å². The number of aliphatic carboxylic acids is 1. The summed E-state index contributed by atoms with van der Waals surface area (Å²) in [4.78, 5) is 12.3. The molecule has 1 aliphatic heterocycles. The molecule has 1 N–H and O–H groups in total. The Kier molecular flexibility index (Phi) is 7.73. The van der Waals surface area contributed by atoms with Gasteiger partial charge in [0.15, 0.2) is 0 Å². The quantitative estimate of drug-likeness (QED) is 0.299. The molecule has 0 radical (unpaired) electrons. The van der Waals surface area contributed by atoms with Gasteiger partial charge in [0.25, 0.3) is 0 Å². The average Bonchev–Trinajstić information content (AvgIpc) is 3.45. The number of sulfone groups is 1. The van der Waals surface area contributed by atoms with E-state index in [1.165, 1.54) is 22.9 Å². The number of hydrogen-bond donors (Lipinski definition) is 1. The number of carbonyl (C=O) groups is 1. The lowest BCUT2D eigenvalue weighted by molar-refractivity contribution is -0.137. The first-order valence-electron chi connectivity index (χ1n) is 12.9. The Bertz CT molecular complexity index is 1460. The summed E-state index contributed by atoms with van der Waals surface area (Å²) in [5.74, 6) is 1.79. The standard InChI is InChI=1S/C30H32O6S2/c1-19-15-21(35-13-4-14-38(2,33)34)7-9-23(19)25-5-3-6-27-26(25)11-12-28(27)36-22-8-10-24-20(16-30(31)32)18-37-29(24)17-22/h3,5-10,15,17,20,28H,4,11-14,16,18H2,1-2H3,(H,31,32)/t20-,28?/m1/s1. The molecule has 0 fully saturated rings. The SMILES string of the molecule is Cc1cc(OCCCS(C)(=O)=O)ccc1-c1cccc2c1CCC2Oc1ccc2c(c1)SC[C@H]2CC(=O)O. The first-order chi connectivity index (χ1) is 18.2. The molecule has 8 heteroatoms. The van der Waals surface area contributed by atoms with Crippen molar-refractivity contribution >= 4 is 27.6 Å². The number of aryl methyl sites for hydroxylation is 1. The van der Waals surface area contributed by atoms with Crippen LogP contribution in [0.3, 0.4) is 0 Å². The maximum absolute atomic E-state index is 11.3. The molecule has 0 aromatic heterocycles. The molecular formula is C30H32O6S2. The molecule has 2 aliphatic rings. The third kappa shape index (κ3) is 6.02. The predicted octanol–water partition coefficient (Wildman–Crippen LogP) is 6.21. The summed E-state index contributed by atoms with van der Waals surface area (Å²) in [5.41, 5.74) is 7.09. The molecule has 3 aromatic rings. The van der Waals surface area contributed by atoms with E-state index in [4.69, 9.17) is 9.47 Å². The van der Waals surface area contributed by atoms with Crippen LogP contribution in [0.25, 0.3) is 11.1 Å². The third-order valence-electron chi connectivity index (χ3n) is 7.20. The number of hydrogen-bond acceptors (Lipinski definition) is 6. The second-order valence-corrected chi connectivity index (χ2v) is 13.5. The molecular weight excluding hydrogens is 520 g/mol. The van der Waals surface area contributed by atoms with Crippen LogP contribution in [-0.2, 0) is 21.1 Å². The molecule has 0 bridgehead atoms. The largest absolute Gasteiger partial charge is 0.494 e. The summed E-state index contributed by atoms with van der Waals surface area (Å²) in [6.45, 7) is 2.44. The summed E-state index contributed by atoms with van der Waals surface area (Å²) in [6, 6.07) is 18.5. The van der Waals surface area contributed by atoms with Gasteiger partial charge in [-0.2, -0.15) is 0 Å².